The van der Waals surface area contributed by atoms with Crippen molar-refractivity contribution in [1.29, 1.82) is 0 Å². The molecule has 0 radical (unpaired) electrons. The maximum atomic E-state index is 7.45. The fourth-order valence-corrected chi connectivity index (χ4v) is 19.0. The van der Waals surface area contributed by atoms with E-state index in [0.717, 1.165) is 56.2 Å². The van der Waals surface area contributed by atoms with Crippen molar-refractivity contribution in [2.75, 3.05) is 9.80 Å². The maximum Gasteiger partial charge on any atom is 0.138 e. The summed E-state index contributed by atoms with van der Waals surface area (Å²) in [5, 5.41) is 3.42. The first-order valence-corrected chi connectivity index (χ1v) is 27.9. The molecule has 0 N–H and O–H groups in total. The number of hydrogen-bond donors (Lipinski definition) is 0. The third-order valence-electron chi connectivity index (χ3n) is 16.5. The van der Waals surface area contributed by atoms with Crippen LogP contribution in [-0.4, -0.2) is 0 Å². The Morgan fingerprint density at radius 3 is 1.03 bits per heavy atom. The summed E-state index contributed by atoms with van der Waals surface area (Å²) in [5.41, 5.74) is 20.4. The average Bonchev–Trinajstić information content (AvgIpc) is 3.92. The molecule has 3 aliphatic heterocycles. The monoisotopic (exact) mass is 966 g/mol. The molecule has 73 heavy (non-hydrogen) atoms. The first-order chi connectivity index (χ1) is 36.1. The van der Waals surface area contributed by atoms with E-state index < -0.39 is 16.9 Å². The first kappa shape index (κ1) is 41.1. The highest BCUT2D eigenvalue weighted by Gasteiger charge is 2.53. The Morgan fingerprint density at radius 1 is 0.301 bits per heavy atom. The number of benzene rings is 11. The van der Waals surface area contributed by atoms with Crippen molar-refractivity contribution in [3.05, 3.63) is 305 Å². The number of hydrogen-bond acceptors (Lipinski definition) is 4. The zero-order chi connectivity index (χ0) is 48.0. The lowest BCUT2D eigenvalue weighted by Gasteiger charge is -2.49. The molecule has 0 atom stereocenters. The molecule has 342 valence electrons. The van der Waals surface area contributed by atoms with E-state index >= 15 is 0 Å². The van der Waals surface area contributed by atoms with Gasteiger partial charge in [0.05, 0.1) is 50.2 Å². The molecule has 11 aromatic rings. The van der Waals surface area contributed by atoms with E-state index in [0.29, 0.717) is 0 Å². The zero-order valence-corrected chi connectivity index (χ0v) is 41.2. The van der Waals surface area contributed by atoms with Crippen molar-refractivity contribution >= 4 is 67.9 Å². The second-order valence-corrected chi connectivity index (χ2v) is 24.0. The van der Waals surface area contributed by atoms with Gasteiger partial charge in [-0.3, -0.25) is 0 Å². The molecule has 0 bridgehead atoms. The Hall–Kier alpha value is -8.53. The highest BCUT2D eigenvalue weighted by molar-refractivity contribution is 8.26. The molecule has 11 aromatic carbocycles. The van der Waals surface area contributed by atoms with Crippen LogP contribution in [0, 0.1) is 0 Å². The van der Waals surface area contributed by atoms with Gasteiger partial charge < -0.3 is 14.5 Å². The van der Waals surface area contributed by atoms with E-state index in [4.69, 9.17) is 16.5 Å². The van der Waals surface area contributed by atoms with Gasteiger partial charge in [-0.05, 0) is 127 Å². The standard InChI is InChI=1S/C68H43N2OPS/c73-72-64-58-32-17-33-59(64)70(49-39-41-53-51-29-14-16-31-55(51)68(57(53)43-49,46-24-9-3-10-25-46)47-26-11-4-12-27-47)61-35-19-37-63(66(61)72)71-62-36-18-34-60(65(62)72)69(58)48-38-40-52-50-28-13-15-30-54(50)67(56(52)42-48,44-20-5-1-6-21-44)45-22-7-2-8-23-45/h1-43H. The van der Waals surface area contributed by atoms with Crippen LogP contribution in [0.15, 0.2) is 261 Å². The van der Waals surface area contributed by atoms with Crippen LogP contribution in [0.5, 0.6) is 11.5 Å². The van der Waals surface area contributed by atoms with Gasteiger partial charge in [0.15, 0.2) is 0 Å². The van der Waals surface area contributed by atoms with Crippen molar-refractivity contribution in [2.24, 2.45) is 0 Å². The van der Waals surface area contributed by atoms with E-state index in [-0.39, 0.29) is 0 Å². The lowest BCUT2D eigenvalue weighted by atomic mass is 9.67. The number of rotatable bonds is 6. The van der Waals surface area contributed by atoms with Gasteiger partial charge in [-0.1, -0.05) is 212 Å². The van der Waals surface area contributed by atoms with Crippen LogP contribution >= 0.6 is 6.04 Å². The SMILES string of the molecule is S=P12c3c4cccc3N(c3ccc5c(c3)C(c3ccccc3)(c3ccccc3)c3ccccc3-5)c3cccc(c31)N(c1ccc3c(c1)C(c1ccccc1)(c1ccccc1)c1ccccc1-3)c1cccc(c12)O4. The lowest BCUT2D eigenvalue weighted by Crippen LogP contribution is -2.45. The van der Waals surface area contributed by atoms with Crippen LogP contribution < -0.4 is 30.5 Å². The molecule has 0 spiro atoms. The molecule has 3 heterocycles. The molecule has 0 saturated carbocycles. The lowest BCUT2D eigenvalue weighted by molar-refractivity contribution is 0.488. The first-order valence-electron chi connectivity index (χ1n) is 25.1. The van der Waals surface area contributed by atoms with E-state index in [9.17, 15) is 0 Å². The van der Waals surface area contributed by atoms with E-state index in [1.165, 1.54) is 72.1 Å². The largest absolute Gasteiger partial charge is 0.456 e. The quantitative estimate of drug-likeness (QED) is 0.154. The van der Waals surface area contributed by atoms with Crippen LogP contribution in [0.4, 0.5) is 34.1 Å². The summed E-state index contributed by atoms with van der Waals surface area (Å²) < 4.78 is 7.12. The van der Waals surface area contributed by atoms with Crippen LogP contribution in [-0.2, 0) is 22.6 Å². The van der Waals surface area contributed by atoms with Crippen molar-refractivity contribution in [1.82, 2.24) is 0 Å². The van der Waals surface area contributed by atoms with Crippen molar-refractivity contribution in [3.8, 4) is 33.8 Å². The number of nitrogens with zero attached hydrogens (tertiary/aromatic N) is 2. The molecular formula is C68H43N2OPS. The third kappa shape index (κ3) is 5.17. The minimum atomic E-state index is -2.74. The van der Waals surface area contributed by atoms with Crippen LogP contribution in [0.2, 0.25) is 0 Å². The Balaban J connectivity index is 0.956. The molecule has 2 aliphatic carbocycles. The van der Waals surface area contributed by atoms with Crippen molar-refractivity contribution < 1.29 is 4.74 Å². The van der Waals surface area contributed by atoms with Crippen LogP contribution in [0.3, 0.4) is 0 Å². The highest BCUT2D eigenvalue weighted by Crippen LogP contribution is 2.67. The molecule has 16 rings (SSSR count). The van der Waals surface area contributed by atoms with Gasteiger partial charge in [-0.15, -0.1) is 0 Å². The summed E-state index contributed by atoms with van der Waals surface area (Å²) in [4.78, 5) is 4.98. The molecule has 0 aromatic heterocycles. The number of ether oxygens (including phenoxy) is 1. The summed E-state index contributed by atoms with van der Waals surface area (Å²) in [6.45, 7) is 0. The summed E-state index contributed by atoms with van der Waals surface area (Å²) in [6.07, 6.45) is 0. The molecule has 3 nitrogen and oxygen atoms in total. The van der Waals surface area contributed by atoms with Gasteiger partial charge in [0.1, 0.15) is 11.5 Å². The Kier molecular flexibility index (Phi) is 8.45. The van der Waals surface area contributed by atoms with Crippen LogP contribution in [0.25, 0.3) is 22.3 Å². The summed E-state index contributed by atoms with van der Waals surface area (Å²) in [7, 11) is 0. The summed E-state index contributed by atoms with van der Waals surface area (Å²) in [5.74, 6) is 1.68. The summed E-state index contributed by atoms with van der Waals surface area (Å²) >= 11 is 7.45. The van der Waals surface area contributed by atoms with Gasteiger partial charge in [0.25, 0.3) is 0 Å². The van der Waals surface area contributed by atoms with E-state index in [1.54, 1.807) is 0 Å². The minimum absolute atomic E-state index is 0.559. The Morgan fingerprint density at radius 2 is 0.630 bits per heavy atom. The fraction of sp³-hybridized carbons (Fsp3) is 0.0294. The van der Waals surface area contributed by atoms with Gasteiger partial charge in [-0.2, -0.15) is 0 Å². The smallest absolute Gasteiger partial charge is 0.138 e. The molecule has 0 saturated heterocycles. The predicted octanol–water partition coefficient (Wildman–Crippen LogP) is 15.8. The molecule has 5 heteroatoms. The Bertz CT molecular complexity index is 3830. The Labute approximate surface area is 429 Å². The van der Waals surface area contributed by atoms with E-state index in [1.807, 2.05) is 0 Å². The second kappa shape index (κ2) is 15.0. The summed E-state index contributed by atoms with van der Waals surface area (Å²) in [6, 6.07) is 93.7. The number of fused-ring (bicyclic) bond motifs is 6. The van der Waals surface area contributed by atoms with Gasteiger partial charge >= 0.3 is 0 Å². The molecule has 5 aliphatic rings. The third-order valence-corrected chi connectivity index (χ3v) is 21.4. The molecule has 0 amide bonds. The molecule has 0 unspecified atom stereocenters. The molecule has 0 fully saturated rings. The topological polar surface area (TPSA) is 15.7 Å². The second-order valence-electron chi connectivity index (χ2n) is 19.8. The van der Waals surface area contributed by atoms with E-state index in [2.05, 4.69) is 271 Å². The zero-order valence-electron chi connectivity index (χ0n) is 39.5. The van der Waals surface area contributed by atoms with Crippen molar-refractivity contribution in [3.63, 3.8) is 0 Å². The molecular weight excluding hydrogens is 924 g/mol. The highest BCUT2D eigenvalue weighted by atomic mass is 32.4. The number of anilines is 6. The van der Waals surface area contributed by atoms with Crippen LogP contribution in [0.1, 0.15) is 44.5 Å². The maximum absolute atomic E-state index is 7.45. The predicted molar refractivity (Wildman–Crippen MR) is 304 cm³/mol. The van der Waals surface area contributed by atoms with Gasteiger partial charge in [0, 0.05) is 16.7 Å². The average molecular weight is 967 g/mol. The normalized spacial score (nSPS) is 15.6. The van der Waals surface area contributed by atoms with Gasteiger partial charge in [-0.25, -0.2) is 0 Å². The van der Waals surface area contributed by atoms with Gasteiger partial charge in [0.2, 0.25) is 0 Å². The minimum Gasteiger partial charge on any atom is -0.456 e. The fourth-order valence-electron chi connectivity index (χ4n) is 13.8. The van der Waals surface area contributed by atoms with Crippen molar-refractivity contribution in [2.45, 2.75) is 10.8 Å².